The third-order valence-electron chi connectivity index (χ3n) is 3.27. The lowest BCUT2D eigenvalue weighted by molar-refractivity contribution is -0.127. The fourth-order valence-electron chi connectivity index (χ4n) is 1.97. The van der Waals surface area contributed by atoms with E-state index in [0.717, 1.165) is 0 Å². The zero-order valence-corrected chi connectivity index (χ0v) is 15.2. The molecule has 134 valence electrons. The molecule has 1 atom stereocenters. The van der Waals surface area contributed by atoms with E-state index >= 15 is 0 Å². The van der Waals surface area contributed by atoms with Crippen LogP contribution >= 0.6 is 11.6 Å². The van der Waals surface area contributed by atoms with Crippen molar-refractivity contribution in [2.75, 3.05) is 13.1 Å². The molecule has 0 aliphatic carbocycles. The van der Waals surface area contributed by atoms with Crippen LogP contribution < -0.4 is 14.8 Å². The van der Waals surface area contributed by atoms with Gasteiger partial charge in [0.05, 0.1) is 4.90 Å². The van der Waals surface area contributed by atoms with Gasteiger partial charge in [-0.3, -0.25) is 4.79 Å². The van der Waals surface area contributed by atoms with E-state index in [2.05, 4.69) is 10.0 Å². The van der Waals surface area contributed by atoms with Crippen molar-refractivity contribution in [2.24, 2.45) is 0 Å². The van der Waals surface area contributed by atoms with Gasteiger partial charge >= 0.3 is 0 Å². The van der Waals surface area contributed by atoms with Crippen LogP contribution in [0.4, 0.5) is 0 Å². The van der Waals surface area contributed by atoms with Crippen molar-refractivity contribution in [1.29, 1.82) is 0 Å². The van der Waals surface area contributed by atoms with Gasteiger partial charge in [0.2, 0.25) is 10.0 Å². The Bertz CT molecular complexity index is 795. The number of halogens is 1. The van der Waals surface area contributed by atoms with Gasteiger partial charge in [0.15, 0.2) is 6.10 Å². The highest BCUT2D eigenvalue weighted by Gasteiger charge is 2.15. The zero-order chi connectivity index (χ0) is 18.3. The lowest BCUT2D eigenvalue weighted by Gasteiger charge is -2.15. The first-order valence-corrected chi connectivity index (χ1v) is 9.49. The Morgan fingerprint density at radius 2 is 1.72 bits per heavy atom. The van der Waals surface area contributed by atoms with Crippen LogP contribution in [-0.4, -0.2) is 33.5 Å². The lowest BCUT2D eigenvalue weighted by Crippen LogP contribution is -2.40. The SMILES string of the molecule is CC(Oc1ccc(Cl)cc1)C(=O)NCCNS(=O)(=O)c1ccccc1. The minimum atomic E-state index is -3.58. The molecule has 0 radical (unpaired) electrons. The molecule has 0 bridgehead atoms. The first-order chi connectivity index (χ1) is 11.9. The monoisotopic (exact) mass is 382 g/mol. The number of nitrogens with one attached hydrogen (secondary N) is 2. The first-order valence-electron chi connectivity index (χ1n) is 7.63. The highest BCUT2D eigenvalue weighted by molar-refractivity contribution is 7.89. The molecular formula is C17H19ClN2O4S. The molecule has 2 rings (SSSR count). The molecule has 0 saturated carbocycles. The number of amides is 1. The second-order valence-electron chi connectivity index (χ2n) is 5.22. The van der Waals surface area contributed by atoms with Gasteiger partial charge in [-0.05, 0) is 43.3 Å². The van der Waals surface area contributed by atoms with Gasteiger partial charge in [-0.1, -0.05) is 29.8 Å². The smallest absolute Gasteiger partial charge is 0.260 e. The maximum Gasteiger partial charge on any atom is 0.260 e. The molecule has 8 heteroatoms. The number of sulfonamides is 1. The van der Waals surface area contributed by atoms with Crippen molar-refractivity contribution in [3.8, 4) is 5.75 Å². The maximum atomic E-state index is 12.0. The molecule has 2 N–H and O–H groups in total. The van der Waals surface area contributed by atoms with Crippen molar-refractivity contribution < 1.29 is 17.9 Å². The summed E-state index contributed by atoms with van der Waals surface area (Å²) in [6, 6.07) is 14.7. The third kappa shape index (κ3) is 6.04. The van der Waals surface area contributed by atoms with E-state index in [1.165, 1.54) is 12.1 Å². The summed E-state index contributed by atoms with van der Waals surface area (Å²) >= 11 is 5.79. The summed E-state index contributed by atoms with van der Waals surface area (Å²) in [4.78, 5) is 12.2. The summed E-state index contributed by atoms with van der Waals surface area (Å²) in [6.07, 6.45) is -0.716. The molecule has 0 fully saturated rings. The lowest BCUT2D eigenvalue weighted by atomic mass is 10.3. The summed E-state index contributed by atoms with van der Waals surface area (Å²) in [5.41, 5.74) is 0. The Kier molecular flexibility index (Phi) is 6.81. The van der Waals surface area contributed by atoms with E-state index in [1.54, 1.807) is 49.4 Å². The van der Waals surface area contributed by atoms with Gasteiger partial charge in [0.25, 0.3) is 5.91 Å². The van der Waals surface area contributed by atoms with Crippen molar-refractivity contribution in [3.63, 3.8) is 0 Å². The van der Waals surface area contributed by atoms with E-state index in [-0.39, 0.29) is 23.9 Å². The fraction of sp³-hybridized carbons (Fsp3) is 0.235. The van der Waals surface area contributed by atoms with Crippen molar-refractivity contribution in [2.45, 2.75) is 17.9 Å². The Balaban J connectivity index is 1.75. The van der Waals surface area contributed by atoms with E-state index in [9.17, 15) is 13.2 Å². The minimum absolute atomic E-state index is 0.0800. The largest absolute Gasteiger partial charge is 0.481 e. The molecule has 0 aromatic heterocycles. The number of rotatable bonds is 8. The van der Waals surface area contributed by atoms with E-state index in [0.29, 0.717) is 10.8 Å². The average Bonchev–Trinajstić information content (AvgIpc) is 2.61. The van der Waals surface area contributed by atoms with Crippen molar-refractivity contribution >= 4 is 27.5 Å². The molecule has 1 unspecified atom stereocenters. The van der Waals surface area contributed by atoms with Gasteiger partial charge in [-0.2, -0.15) is 0 Å². The van der Waals surface area contributed by atoms with Crippen LogP contribution in [0.15, 0.2) is 59.5 Å². The molecular weight excluding hydrogens is 364 g/mol. The van der Waals surface area contributed by atoms with Crippen LogP contribution in [0.5, 0.6) is 5.75 Å². The molecule has 0 aliphatic rings. The first kappa shape index (κ1) is 19.2. The average molecular weight is 383 g/mol. The van der Waals surface area contributed by atoms with Gasteiger partial charge in [-0.25, -0.2) is 13.1 Å². The fourth-order valence-corrected chi connectivity index (χ4v) is 3.15. The van der Waals surface area contributed by atoms with Crippen LogP contribution in [0.25, 0.3) is 0 Å². The van der Waals surface area contributed by atoms with Gasteiger partial charge in [-0.15, -0.1) is 0 Å². The highest BCUT2D eigenvalue weighted by atomic mass is 35.5. The Morgan fingerprint density at radius 1 is 1.08 bits per heavy atom. The second-order valence-corrected chi connectivity index (χ2v) is 7.42. The highest BCUT2D eigenvalue weighted by Crippen LogP contribution is 2.16. The van der Waals surface area contributed by atoms with Crippen LogP contribution in [0.2, 0.25) is 5.02 Å². The Hall–Kier alpha value is -2.09. The predicted molar refractivity (Wildman–Crippen MR) is 96.2 cm³/mol. The number of ether oxygens (including phenoxy) is 1. The molecule has 0 saturated heterocycles. The van der Waals surface area contributed by atoms with E-state index in [4.69, 9.17) is 16.3 Å². The molecule has 1 amide bonds. The number of hydrogen-bond donors (Lipinski definition) is 2. The summed E-state index contributed by atoms with van der Waals surface area (Å²) in [6.45, 7) is 1.84. The van der Waals surface area contributed by atoms with E-state index in [1.807, 2.05) is 0 Å². The maximum absolute atomic E-state index is 12.0. The molecule has 2 aromatic rings. The van der Waals surface area contributed by atoms with Crippen LogP contribution in [0.3, 0.4) is 0 Å². The summed E-state index contributed by atoms with van der Waals surface area (Å²) in [7, 11) is -3.58. The summed E-state index contributed by atoms with van der Waals surface area (Å²) in [5.74, 6) is 0.186. The molecule has 2 aromatic carbocycles. The second kappa shape index (κ2) is 8.84. The van der Waals surface area contributed by atoms with Gasteiger partial charge in [0.1, 0.15) is 5.75 Å². The Labute approximate surface area is 152 Å². The van der Waals surface area contributed by atoms with Crippen LogP contribution in [0, 0.1) is 0 Å². The Morgan fingerprint density at radius 3 is 2.36 bits per heavy atom. The zero-order valence-electron chi connectivity index (χ0n) is 13.6. The predicted octanol–water partition coefficient (Wildman–Crippen LogP) is 2.20. The van der Waals surface area contributed by atoms with Crippen LogP contribution in [0.1, 0.15) is 6.92 Å². The number of hydrogen-bond acceptors (Lipinski definition) is 4. The number of carbonyl (C=O) groups is 1. The molecule has 6 nitrogen and oxygen atoms in total. The summed E-state index contributed by atoms with van der Waals surface area (Å²) in [5, 5.41) is 3.20. The summed E-state index contributed by atoms with van der Waals surface area (Å²) < 4.78 is 32.0. The minimum Gasteiger partial charge on any atom is -0.481 e. The molecule has 0 spiro atoms. The van der Waals surface area contributed by atoms with E-state index < -0.39 is 16.1 Å². The van der Waals surface area contributed by atoms with Crippen molar-refractivity contribution in [1.82, 2.24) is 10.0 Å². The van der Waals surface area contributed by atoms with Gasteiger partial charge < -0.3 is 10.1 Å². The molecule has 0 aliphatic heterocycles. The third-order valence-corrected chi connectivity index (χ3v) is 4.99. The number of benzene rings is 2. The standard InChI is InChI=1S/C17H19ClN2O4S/c1-13(24-15-9-7-14(18)8-10-15)17(21)19-11-12-20-25(22,23)16-5-3-2-4-6-16/h2-10,13,20H,11-12H2,1H3,(H,19,21). The quantitative estimate of drug-likeness (QED) is 0.685. The topological polar surface area (TPSA) is 84.5 Å². The molecule has 25 heavy (non-hydrogen) atoms. The molecule has 0 heterocycles. The van der Waals surface area contributed by atoms with Crippen LogP contribution in [-0.2, 0) is 14.8 Å². The van der Waals surface area contributed by atoms with Gasteiger partial charge in [0, 0.05) is 18.1 Å². The number of carbonyl (C=O) groups excluding carboxylic acids is 1. The normalized spacial score (nSPS) is 12.4. The van der Waals surface area contributed by atoms with Crippen molar-refractivity contribution in [3.05, 3.63) is 59.6 Å².